The number of hydrogen-bond donors (Lipinski definition) is 4. The summed E-state index contributed by atoms with van der Waals surface area (Å²) >= 11 is 0. The maximum atomic E-state index is 7.10. The molecule has 0 radical (unpaired) electrons. The number of hydrogen-bond acceptors (Lipinski definition) is 7. The summed E-state index contributed by atoms with van der Waals surface area (Å²) < 4.78 is 20.4. The zero-order valence-electron chi connectivity index (χ0n) is 38.4. The highest BCUT2D eigenvalue weighted by Crippen LogP contribution is 2.68. The van der Waals surface area contributed by atoms with Gasteiger partial charge in [-0.3, -0.25) is 0 Å². The third-order valence-electron chi connectivity index (χ3n) is 16.5. The van der Waals surface area contributed by atoms with Crippen molar-refractivity contribution in [2.24, 2.45) is 63.5 Å². The Morgan fingerprint density at radius 2 is 1.12 bits per heavy atom. The summed E-state index contributed by atoms with van der Waals surface area (Å²) in [6, 6.07) is 0. The summed E-state index contributed by atoms with van der Waals surface area (Å²) in [7, 11) is 0. The molecule has 7 N–H and O–H groups in total. The second-order valence-electron chi connectivity index (χ2n) is 20.3. The van der Waals surface area contributed by atoms with E-state index in [2.05, 4.69) is 33.0 Å². The van der Waals surface area contributed by atoms with Crippen LogP contribution in [0.15, 0.2) is 0 Å². The Balaban J connectivity index is 1.27. The lowest BCUT2D eigenvalue weighted by Crippen LogP contribution is -2.57. The fraction of sp³-hybridized carbons (Fsp3) is 1.00. The largest absolute Gasteiger partial charge is 0.378 e. The van der Waals surface area contributed by atoms with Crippen molar-refractivity contribution in [2.45, 2.75) is 219 Å². The standard InChI is InChI=1S/C50H98N4O3/c1-5-6-7-8-9-10-11-12-13-14-15-16-17-18-31-54-32-19-23-40(2)45-24-25-46-44-38-43(56-34-21-29-52)37-41-36-42(55-33-20-28-51)26-27-49(41,3)47(44)39-48(50(45,46)4)57-35-22-30-53/h40-48,54H,5-39,51-53H2,1-4H3/t40-,41+,42?,43?,44-,45-,46+,47+,48+,49+,50-/m1/s1. The molecule has 57 heavy (non-hydrogen) atoms. The van der Waals surface area contributed by atoms with Gasteiger partial charge in [0.05, 0.1) is 18.3 Å². The third-order valence-corrected chi connectivity index (χ3v) is 16.5. The monoisotopic (exact) mass is 803 g/mol. The fourth-order valence-corrected chi connectivity index (χ4v) is 13.1. The van der Waals surface area contributed by atoms with Crippen LogP contribution in [0.2, 0.25) is 0 Å². The molecule has 0 bridgehead atoms. The van der Waals surface area contributed by atoms with Crippen molar-refractivity contribution in [3.05, 3.63) is 0 Å². The lowest BCUT2D eigenvalue weighted by Gasteiger charge is -2.59. The summed E-state index contributed by atoms with van der Waals surface area (Å²) in [6.45, 7) is 17.1. The van der Waals surface area contributed by atoms with Gasteiger partial charge in [-0.2, -0.15) is 0 Å². The molecule has 2 unspecified atom stereocenters. The minimum Gasteiger partial charge on any atom is -0.378 e. The molecule has 0 spiro atoms. The number of unbranched alkanes of at least 4 members (excludes halogenated alkanes) is 13. The fourth-order valence-electron chi connectivity index (χ4n) is 13.1. The SMILES string of the molecule is CCCCCCCCCCCCCCCCNCCC[C@@H](C)[C@H]1CC[C@H]2[C@H]3CC(OCCCN)C[C@@H]4CC(OCCCN)CC[C@]4(C)[C@H]3C[C@H](OCCCN)[C@]12C. The van der Waals surface area contributed by atoms with Crippen LogP contribution in [0.25, 0.3) is 0 Å². The van der Waals surface area contributed by atoms with Crippen LogP contribution in [0.5, 0.6) is 0 Å². The quantitative estimate of drug-likeness (QED) is 0.0500. The van der Waals surface area contributed by atoms with Crippen LogP contribution in [-0.2, 0) is 14.2 Å². The minimum absolute atomic E-state index is 0.206. The van der Waals surface area contributed by atoms with Crippen molar-refractivity contribution < 1.29 is 14.2 Å². The van der Waals surface area contributed by atoms with E-state index in [9.17, 15) is 0 Å². The molecule has 0 aromatic carbocycles. The van der Waals surface area contributed by atoms with Crippen molar-refractivity contribution >= 4 is 0 Å². The van der Waals surface area contributed by atoms with Crippen LogP contribution in [0, 0.1) is 46.3 Å². The van der Waals surface area contributed by atoms with E-state index in [-0.39, 0.29) is 5.41 Å². The van der Waals surface area contributed by atoms with Crippen LogP contribution in [0.4, 0.5) is 0 Å². The highest BCUT2D eigenvalue weighted by atomic mass is 16.5. The van der Waals surface area contributed by atoms with Gasteiger partial charge in [0.2, 0.25) is 0 Å². The highest BCUT2D eigenvalue weighted by molar-refractivity contribution is 5.13. The maximum Gasteiger partial charge on any atom is 0.0637 e. The van der Waals surface area contributed by atoms with E-state index in [1.165, 1.54) is 154 Å². The molecule has 0 aromatic rings. The predicted molar refractivity (Wildman–Crippen MR) is 242 cm³/mol. The molecule has 4 aliphatic rings. The molecular weight excluding hydrogens is 705 g/mol. The maximum absolute atomic E-state index is 7.10. The smallest absolute Gasteiger partial charge is 0.0637 e. The molecule has 0 aliphatic heterocycles. The van der Waals surface area contributed by atoms with Gasteiger partial charge in [0, 0.05) is 19.8 Å². The lowest BCUT2D eigenvalue weighted by atomic mass is 9.48. The van der Waals surface area contributed by atoms with Crippen LogP contribution in [0.1, 0.15) is 201 Å². The molecule has 4 saturated carbocycles. The van der Waals surface area contributed by atoms with Gasteiger partial charge in [-0.05, 0) is 169 Å². The Morgan fingerprint density at radius 3 is 1.74 bits per heavy atom. The molecule has 0 aromatic heterocycles. The minimum atomic E-state index is 0.206. The zero-order valence-corrected chi connectivity index (χ0v) is 38.4. The third kappa shape index (κ3) is 14.9. The molecule has 7 nitrogen and oxygen atoms in total. The molecule has 4 fully saturated rings. The first-order chi connectivity index (χ1) is 27.8. The summed E-state index contributed by atoms with van der Waals surface area (Å²) in [5, 5.41) is 3.83. The molecule has 7 heteroatoms. The van der Waals surface area contributed by atoms with Crippen molar-refractivity contribution in [2.75, 3.05) is 52.5 Å². The van der Waals surface area contributed by atoms with E-state index in [0.717, 1.165) is 52.0 Å². The summed E-state index contributed by atoms with van der Waals surface area (Å²) in [5.74, 6) is 4.11. The van der Waals surface area contributed by atoms with E-state index < -0.39 is 0 Å². The number of fused-ring (bicyclic) bond motifs is 5. The first-order valence-corrected chi connectivity index (χ1v) is 25.5. The highest BCUT2D eigenvalue weighted by Gasteiger charge is 2.64. The van der Waals surface area contributed by atoms with E-state index in [4.69, 9.17) is 31.4 Å². The molecule has 0 amide bonds. The predicted octanol–water partition coefficient (Wildman–Crippen LogP) is 10.9. The van der Waals surface area contributed by atoms with Gasteiger partial charge in [0.25, 0.3) is 0 Å². The van der Waals surface area contributed by atoms with Gasteiger partial charge in [-0.15, -0.1) is 0 Å². The molecule has 0 heterocycles. The normalized spacial score (nSPS) is 33.1. The molecule has 4 aliphatic carbocycles. The first-order valence-electron chi connectivity index (χ1n) is 25.5. The molecule has 0 saturated heterocycles. The van der Waals surface area contributed by atoms with Crippen molar-refractivity contribution in [1.29, 1.82) is 0 Å². The van der Waals surface area contributed by atoms with Crippen LogP contribution >= 0.6 is 0 Å². The number of rotatable bonds is 32. The Bertz CT molecular complexity index is 1020. The second kappa shape index (κ2) is 27.6. The van der Waals surface area contributed by atoms with Gasteiger partial charge in [-0.25, -0.2) is 0 Å². The van der Waals surface area contributed by atoms with Crippen LogP contribution in [0.3, 0.4) is 0 Å². The number of nitrogens with one attached hydrogen (secondary N) is 1. The van der Waals surface area contributed by atoms with Crippen molar-refractivity contribution in [3.63, 3.8) is 0 Å². The van der Waals surface area contributed by atoms with Gasteiger partial charge >= 0.3 is 0 Å². The second-order valence-corrected chi connectivity index (χ2v) is 20.3. The van der Waals surface area contributed by atoms with Crippen molar-refractivity contribution in [3.8, 4) is 0 Å². The lowest BCUT2D eigenvalue weighted by molar-refractivity contribution is -0.172. The zero-order chi connectivity index (χ0) is 40.8. The first kappa shape index (κ1) is 49.4. The summed E-state index contributed by atoms with van der Waals surface area (Å²) in [5.41, 5.74) is 18.3. The Morgan fingerprint density at radius 1 is 0.579 bits per heavy atom. The average molecular weight is 803 g/mol. The average Bonchev–Trinajstić information content (AvgIpc) is 3.52. The van der Waals surface area contributed by atoms with Gasteiger partial charge < -0.3 is 36.7 Å². The Labute approximate surface area is 354 Å². The number of nitrogens with two attached hydrogens (primary N) is 3. The van der Waals surface area contributed by atoms with Gasteiger partial charge in [-0.1, -0.05) is 111 Å². The van der Waals surface area contributed by atoms with Gasteiger partial charge in [0.1, 0.15) is 0 Å². The summed E-state index contributed by atoms with van der Waals surface area (Å²) in [6.07, 6.45) is 36.3. The van der Waals surface area contributed by atoms with E-state index in [1.807, 2.05) is 0 Å². The van der Waals surface area contributed by atoms with Crippen LogP contribution < -0.4 is 22.5 Å². The van der Waals surface area contributed by atoms with E-state index in [1.54, 1.807) is 0 Å². The topological polar surface area (TPSA) is 118 Å². The van der Waals surface area contributed by atoms with Crippen LogP contribution in [-0.4, -0.2) is 70.9 Å². The molecule has 4 rings (SSSR count). The van der Waals surface area contributed by atoms with Gasteiger partial charge in [0.15, 0.2) is 0 Å². The summed E-state index contributed by atoms with van der Waals surface area (Å²) in [4.78, 5) is 0. The molecule has 336 valence electrons. The molecule has 11 atom stereocenters. The van der Waals surface area contributed by atoms with Crippen molar-refractivity contribution in [1.82, 2.24) is 5.32 Å². The Kier molecular flexibility index (Phi) is 23.9. The number of ether oxygens (including phenoxy) is 3. The van der Waals surface area contributed by atoms with E-state index >= 15 is 0 Å². The molecular formula is C50H98N4O3. The Hall–Kier alpha value is -0.280. The van der Waals surface area contributed by atoms with E-state index in [0.29, 0.717) is 78.9 Å².